The van der Waals surface area contributed by atoms with Crippen LogP contribution in [0.3, 0.4) is 0 Å². The van der Waals surface area contributed by atoms with Crippen LogP contribution < -0.4 is 0 Å². The molecule has 2 nitrogen and oxygen atoms in total. The van der Waals surface area contributed by atoms with Crippen LogP contribution in [0.15, 0.2) is 0 Å². The molecule has 0 rings (SSSR count). The van der Waals surface area contributed by atoms with Crippen molar-refractivity contribution < 1.29 is 9.09 Å². The first-order valence-corrected chi connectivity index (χ1v) is 7.26. The molecule has 0 N–H and O–H groups in total. The lowest BCUT2D eigenvalue weighted by molar-refractivity contribution is 0.405. The predicted octanol–water partition coefficient (Wildman–Crippen LogP) is 1.69. The Labute approximate surface area is 50.0 Å². The molecular formula is CH8O2P4. The zero-order valence-electron chi connectivity index (χ0n) is 3.70. The lowest BCUT2D eigenvalue weighted by Crippen LogP contribution is -1.68. The van der Waals surface area contributed by atoms with Gasteiger partial charge in [-0.2, -0.15) is 0 Å². The highest BCUT2D eigenvalue weighted by Gasteiger charge is 2.02. The largest absolute Gasteiger partial charge is 0.319 e. The standard InChI is InChI=1S/CH8O2P4/c2-7(5,6)3-1-4/h1,4-6H2. The molecular weight excluding hydrogens is 168 g/mol. The van der Waals surface area contributed by atoms with E-state index in [4.69, 9.17) is 0 Å². The van der Waals surface area contributed by atoms with Crippen molar-refractivity contribution in [1.82, 2.24) is 0 Å². The van der Waals surface area contributed by atoms with Crippen molar-refractivity contribution in [3.05, 3.63) is 0 Å². The molecule has 3 atom stereocenters. The van der Waals surface area contributed by atoms with Gasteiger partial charge in [-0.05, 0) is 17.9 Å². The Hall–Kier alpha value is 1.48. The highest BCUT2D eigenvalue weighted by molar-refractivity contribution is 8.44. The van der Waals surface area contributed by atoms with Gasteiger partial charge in [0, 0.05) is 0 Å². The summed E-state index contributed by atoms with van der Waals surface area (Å²) in [7, 11) is 6.56. The fourth-order valence-corrected chi connectivity index (χ4v) is 2.60. The van der Waals surface area contributed by atoms with E-state index >= 15 is 0 Å². The van der Waals surface area contributed by atoms with Crippen molar-refractivity contribution in [3.8, 4) is 0 Å². The number of hydrogen-bond donors (Lipinski definition) is 0. The fraction of sp³-hybridized carbons (Fsp3) is 1.00. The molecule has 7 heavy (non-hydrogen) atoms. The van der Waals surface area contributed by atoms with Gasteiger partial charge in [-0.3, -0.25) is 4.57 Å². The van der Waals surface area contributed by atoms with E-state index in [0.29, 0.717) is 6.35 Å². The fourth-order valence-electron chi connectivity index (χ4n) is 0.116. The highest BCUT2D eigenvalue weighted by Crippen LogP contribution is 2.63. The molecule has 0 heterocycles. The second kappa shape index (κ2) is 3.49. The van der Waals surface area contributed by atoms with E-state index in [1.807, 2.05) is 0 Å². The second-order valence-electron chi connectivity index (χ2n) is 0.941. The SMILES string of the molecule is O=P(P)(P)OCP. The van der Waals surface area contributed by atoms with Crippen molar-refractivity contribution in [2.75, 3.05) is 6.35 Å². The quantitative estimate of drug-likeness (QED) is 0.598. The van der Waals surface area contributed by atoms with Crippen molar-refractivity contribution >= 4 is 33.8 Å². The van der Waals surface area contributed by atoms with Gasteiger partial charge in [0.1, 0.15) is 0 Å². The van der Waals surface area contributed by atoms with Crippen LogP contribution in [0.1, 0.15) is 0 Å². The smallest absolute Gasteiger partial charge is 0.229 e. The van der Waals surface area contributed by atoms with Crippen molar-refractivity contribution in [1.29, 1.82) is 0 Å². The van der Waals surface area contributed by atoms with E-state index in [9.17, 15) is 4.57 Å². The van der Waals surface area contributed by atoms with Gasteiger partial charge in [0.15, 0.2) is 0 Å². The summed E-state index contributed by atoms with van der Waals surface area (Å²) >= 11 is 0. The Bertz CT molecular complexity index is 83.7. The molecule has 44 valence electrons. The van der Waals surface area contributed by atoms with Gasteiger partial charge in [-0.1, -0.05) is 0 Å². The van der Waals surface area contributed by atoms with E-state index in [1.165, 1.54) is 0 Å². The number of rotatable bonds is 2. The van der Waals surface area contributed by atoms with Gasteiger partial charge in [0.05, 0.1) is 6.35 Å². The summed E-state index contributed by atoms with van der Waals surface area (Å²) < 4.78 is 15.2. The van der Waals surface area contributed by atoms with E-state index in [0.717, 1.165) is 0 Å². The van der Waals surface area contributed by atoms with Gasteiger partial charge in [-0.15, -0.1) is 9.24 Å². The summed E-state index contributed by atoms with van der Waals surface area (Å²) in [5, 5.41) is 0. The number of hydrogen-bond acceptors (Lipinski definition) is 2. The second-order valence-corrected chi connectivity index (χ2v) is 8.93. The normalized spacial score (nSPS) is 11.9. The maximum atomic E-state index is 10.5. The zero-order valence-corrected chi connectivity index (χ0v) is 8.06. The Morgan fingerprint density at radius 3 is 2.00 bits per heavy atom. The Balaban J connectivity index is 3.36. The molecule has 0 amide bonds. The van der Waals surface area contributed by atoms with Gasteiger partial charge in [-0.25, -0.2) is 0 Å². The third-order valence-corrected chi connectivity index (χ3v) is 2.17. The van der Waals surface area contributed by atoms with Crippen molar-refractivity contribution in [3.63, 3.8) is 0 Å². The predicted molar refractivity (Wildman–Crippen MR) is 42.7 cm³/mol. The summed E-state index contributed by atoms with van der Waals surface area (Å²) in [6, 6.07) is 0. The van der Waals surface area contributed by atoms with Crippen LogP contribution in [0.5, 0.6) is 0 Å². The van der Waals surface area contributed by atoms with Crippen LogP contribution in [0.2, 0.25) is 0 Å². The Morgan fingerprint density at radius 1 is 1.57 bits per heavy atom. The molecule has 3 unspecified atom stereocenters. The monoisotopic (exact) mass is 176 g/mol. The zero-order chi connectivity index (χ0) is 5.91. The molecule has 0 aliphatic rings. The molecule has 0 aromatic heterocycles. The van der Waals surface area contributed by atoms with Gasteiger partial charge < -0.3 is 4.52 Å². The molecule has 6 heteroatoms. The van der Waals surface area contributed by atoms with E-state index in [1.54, 1.807) is 0 Å². The first kappa shape index (κ1) is 8.48. The average molecular weight is 176 g/mol. The van der Waals surface area contributed by atoms with Crippen LogP contribution in [-0.4, -0.2) is 6.35 Å². The minimum atomic E-state index is -2.35. The maximum Gasteiger partial charge on any atom is 0.229 e. The Morgan fingerprint density at radius 2 is 2.00 bits per heavy atom. The van der Waals surface area contributed by atoms with E-state index < -0.39 is 6.75 Å². The first-order valence-electron chi connectivity index (χ1n) is 1.58. The molecule has 0 bridgehead atoms. The Kier molecular flexibility index (Phi) is 4.23. The summed E-state index contributed by atoms with van der Waals surface area (Å²) in [5.41, 5.74) is 0. The molecule has 0 saturated carbocycles. The van der Waals surface area contributed by atoms with Gasteiger partial charge in [0.25, 0.3) is 0 Å². The minimum Gasteiger partial charge on any atom is -0.319 e. The van der Waals surface area contributed by atoms with Crippen LogP contribution in [0.4, 0.5) is 0 Å². The van der Waals surface area contributed by atoms with Crippen molar-refractivity contribution in [2.24, 2.45) is 0 Å². The summed E-state index contributed by atoms with van der Waals surface area (Å²) in [6.45, 7) is -2.35. The molecule has 0 radical (unpaired) electrons. The van der Waals surface area contributed by atoms with Crippen LogP contribution in [0, 0.1) is 0 Å². The highest BCUT2D eigenvalue weighted by atomic mass is 32.4. The van der Waals surface area contributed by atoms with Crippen LogP contribution in [-0.2, 0) is 9.09 Å². The van der Waals surface area contributed by atoms with Gasteiger partial charge in [0.2, 0.25) is 6.75 Å². The van der Waals surface area contributed by atoms with Gasteiger partial charge >= 0.3 is 0 Å². The molecule has 0 aromatic carbocycles. The summed E-state index contributed by atoms with van der Waals surface area (Å²) in [5.74, 6) is 0. The van der Waals surface area contributed by atoms with E-state index in [2.05, 4.69) is 31.6 Å². The third-order valence-electron chi connectivity index (χ3n) is 0.276. The molecule has 0 fully saturated rings. The maximum absolute atomic E-state index is 10.5. The molecule has 0 aromatic rings. The van der Waals surface area contributed by atoms with Crippen LogP contribution in [0.25, 0.3) is 0 Å². The third kappa shape index (κ3) is 7.48. The lowest BCUT2D eigenvalue weighted by Gasteiger charge is -2.02. The first-order chi connectivity index (χ1) is 3.06. The molecule has 0 saturated heterocycles. The lowest BCUT2D eigenvalue weighted by atomic mass is 11.7. The molecule has 0 spiro atoms. The van der Waals surface area contributed by atoms with E-state index in [-0.39, 0.29) is 0 Å². The van der Waals surface area contributed by atoms with Crippen molar-refractivity contribution in [2.45, 2.75) is 0 Å². The molecule has 0 aliphatic carbocycles. The minimum absolute atomic E-state index is 0.421. The topological polar surface area (TPSA) is 26.3 Å². The van der Waals surface area contributed by atoms with Crippen LogP contribution >= 0.6 is 33.8 Å². The summed E-state index contributed by atoms with van der Waals surface area (Å²) in [6.07, 6.45) is 0.421. The molecule has 0 aliphatic heterocycles. The summed E-state index contributed by atoms with van der Waals surface area (Å²) in [4.78, 5) is 0. The average Bonchev–Trinajstić information content (AvgIpc) is 1.30.